The first-order chi connectivity index (χ1) is 10.5. The fraction of sp³-hybridized carbons (Fsp3) is 0.400. The molecule has 0 heterocycles. The van der Waals surface area contributed by atoms with Gasteiger partial charge >= 0.3 is 12.0 Å². The highest BCUT2D eigenvalue weighted by Crippen LogP contribution is 2.09. The highest BCUT2D eigenvalue weighted by Gasteiger charge is 2.05. The van der Waals surface area contributed by atoms with Crippen molar-refractivity contribution in [3.05, 3.63) is 29.8 Å². The number of rotatable bonds is 9. The minimum absolute atomic E-state index is 0.184. The number of carboxylic acid groups (broad SMARTS) is 1. The second-order valence-corrected chi connectivity index (χ2v) is 4.88. The number of carbonyl (C=O) groups excluding carboxylic acids is 2. The second-order valence-electron chi connectivity index (χ2n) is 4.88. The van der Waals surface area contributed by atoms with Crippen LogP contribution in [-0.4, -0.2) is 29.6 Å². The van der Waals surface area contributed by atoms with Crippen LogP contribution in [0.5, 0.6) is 0 Å². The number of unbranched alkanes of at least 4 members (excludes halogenated alkanes) is 3. The lowest BCUT2D eigenvalue weighted by Gasteiger charge is -2.06. The number of benzene rings is 1. The van der Waals surface area contributed by atoms with Crippen molar-refractivity contribution in [2.45, 2.75) is 32.1 Å². The van der Waals surface area contributed by atoms with Gasteiger partial charge in [-0.05, 0) is 37.1 Å². The lowest BCUT2D eigenvalue weighted by molar-refractivity contribution is -0.137. The third-order valence-corrected chi connectivity index (χ3v) is 3.02. The van der Waals surface area contributed by atoms with E-state index in [1.165, 1.54) is 0 Å². The summed E-state index contributed by atoms with van der Waals surface area (Å²) in [4.78, 5) is 32.9. The maximum atomic E-state index is 11.9. The predicted molar refractivity (Wildman–Crippen MR) is 82.7 cm³/mol. The molecule has 0 aliphatic carbocycles. The SMILES string of the molecule is NC(=O)Nc1ccc(C(=O)NCCCCCCC(=O)O)cc1. The van der Waals surface area contributed by atoms with Crippen LogP contribution in [-0.2, 0) is 4.79 Å². The number of nitrogens with two attached hydrogens (primary N) is 1. The van der Waals surface area contributed by atoms with Crippen LogP contribution < -0.4 is 16.4 Å². The Hall–Kier alpha value is -2.57. The van der Waals surface area contributed by atoms with Crippen molar-refractivity contribution < 1.29 is 19.5 Å². The smallest absolute Gasteiger partial charge is 0.316 e. The van der Waals surface area contributed by atoms with E-state index >= 15 is 0 Å². The summed E-state index contributed by atoms with van der Waals surface area (Å²) in [7, 11) is 0. The van der Waals surface area contributed by atoms with Crippen LogP contribution in [0, 0.1) is 0 Å². The Kier molecular flexibility index (Phi) is 7.45. The number of primary amides is 1. The van der Waals surface area contributed by atoms with E-state index in [1.807, 2.05) is 0 Å². The number of nitrogens with one attached hydrogen (secondary N) is 2. The summed E-state index contributed by atoms with van der Waals surface area (Å²) >= 11 is 0. The Morgan fingerprint density at radius 2 is 1.64 bits per heavy atom. The van der Waals surface area contributed by atoms with Crippen molar-refractivity contribution in [1.82, 2.24) is 5.32 Å². The molecule has 3 amide bonds. The van der Waals surface area contributed by atoms with E-state index in [-0.39, 0.29) is 12.3 Å². The predicted octanol–water partition coefficient (Wildman–Crippen LogP) is 1.94. The Balaban J connectivity index is 2.22. The molecule has 7 nitrogen and oxygen atoms in total. The van der Waals surface area contributed by atoms with Crippen molar-refractivity contribution in [2.24, 2.45) is 5.73 Å². The fourth-order valence-corrected chi connectivity index (χ4v) is 1.91. The van der Waals surface area contributed by atoms with Crippen LogP contribution in [0.25, 0.3) is 0 Å². The molecule has 0 radical (unpaired) electrons. The summed E-state index contributed by atoms with van der Waals surface area (Å²) in [6, 6.07) is 5.76. The highest BCUT2D eigenvalue weighted by atomic mass is 16.4. The van der Waals surface area contributed by atoms with Crippen molar-refractivity contribution in [1.29, 1.82) is 0 Å². The fourth-order valence-electron chi connectivity index (χ4n) is 1.91. The Labute approximate surface area is 128 Å². The Bertz CT molecular complexity index is 514. The van der Waals surface area contributed by atoms with E-state index in [4.69, 9.17) is 10.8 Å². The molecule has 0 fully saturated rings. The van der Waals surface area contributed by atoms with E-state index in [9.17, 15) is 14.4 Å². The molecular weight excluding hydrogens is 286 g/mol. The van der Waals surface area contributed by atoms with Crippen LogP contribution in [0.3, 0.4) is 0 Å². The first-order valence-corrected chi connectivity index (χ1v) is 7.15. The van der Waals surface area contributed by atoms with E-state index in [0.29, 0.717) is 24.2 Å². The highest BCUT2D eigenvalue weighted by molar-refractivity contribution is 5.95. The van der Waals surface area contributed by atoms with E-state index in [1.54, 1.807) is 24.3 Å². The topological polar surface area (TPSA) is 122 Å². The molecule has 120 valence electrons. The number of amides is 3. The summed E-state index contributed by atoms with van der Waals surface area (Å²) in [6.07, 6.45) is 3.40. The number of carbonyl (C=O) groups is 3. The van der Waals surface area contributed by atoms with Gasteiger partial charge in [0.1, 0.15) is 0 Å². The normalized spacial score (nSPS) is 10.0. The average molecular weight is 307 g/mol. The summed E-state index contributed by atoms with van der Waals surface area (Å²) in [5, 5.41) is 13.7. The Morgan fingerprint density at radius 3 is 2.23 bits per heavy atom. The standard InChI is InChI=1S/C15H21N3O4/c16-15(22)18-12-8-6-11(7-9-12)14(21)17-10-4-2-1-3-5-13(19)20/h6-9H,1-5,10H2,(H,17,21)(H,19,20)(H3,16,18,22). The Morgan fingerprint density at radius 1 is 1.00 bits per heavy atom. The molecule has 0 atom stereocenters. The molecule has 0 aliphatic heterocycles. The van der Waals surface area contributed by atoms with Gasteiger partial charge < -0.3 is 21.5 Å². The number of aliphatic carboxylic acids is 1. The third-order valence-electron chi connectivity index (χ3n) is 3.02. The lowest BCUT2D eigenvalue weighted by atomic mass is 10.1. The van der Waals surface area contributed by atoms with Gasteiger partial charge in [0.05, 0.1) is 0 Å². The van der Waals surface area contributed by atoms with Crippen molar-refractivity contribution in [2.75, 3.05) is 11.9 Å². The molecule has 0 saturated carbocycles. The van der Waals surface area contributed by atoms with Gasteiger partial charge in [0.2, 0.25) is 0 Å². The zero-order valence-corrected chi connectivity index (χ0v) is 12.3. The maximum absolute atomic E-state index is 11.9. The number of carboxylic acids is 1. The molecule has 22 heavy (non-hydrogen) atoms. The minimum Gasteiger partial charge on any atom is -0.481 e. The summed E-state index contributed by atoms with van der Waals surface area (Å²) < 4.78 is 0. The van der Waals surface area contributed by atoms with Gasteiger partial charge in [-0.2, -0.15) is 0 Å². The largest absolute Gasteiger partial charge is 0.481 e. The van der Waals surface area contributed by atoms with Crippen molar-refractivity contribution >= 4 is 23.6 Å². The minimum atomic E-state index is -0.775. The summed E-state index contributed by atoms with van der Waals surface area (Å²) in [6.45, 7) is 0.549. The van der Waals surface area contributed by atoms with Gasteiger partial charge in [-0.3, -0.25) is 9.59 Å². The monoisotopic (exact) mass is 307 g/mol. The van der Waals surface area contributed by atoms with Gasteiger partial charge in [0.25, 0.3) is 5.91 Å². The molecule has 0 unspecified atom stereocenters. The molecule has 0 spiro atoms. The van der Waals surface area contributed by atoms with Crippen LogP contribution in [0.2, 0.25) is 0 Å². The lowest BCUT2D eigenvalue weighted by Crippen LogP contribution is -2.24. The zero-order chi connectivity index (χ0) is 16.4. The molecule has 0 aliphatic rings. The molecular formula is C15H21N3O4. The van der Waals surface area contributed by atoms with Crippen molar-refractivity contribution in [3.8, 4) is 0 Å². The van der Waals surface area contributed by atoms with Gasteiger partial charge in [0, 0.05) is 24.2 Å². The number of urea groups is 1. The molecule has 5 N–H and O–H groups in total. The van der Waals surface area contributed by atoms with Gasteiger partial charge in [-0.1, -0.05) is 12.8 Å². The zero-order valence-electron chi connectivity index (χ0n) is 12.3. The van der Waals surface area contributed by atoms with Crippen molar-refractivity contribution in [3.63, 3.8) is 0 Å². The number of hydrogen-bond donors (Lipinski definition) is 4. The first kappa shape index (κ1) is 17.5. The van der Waals surface area contributed by atoms with Crippen LogP contribution in [0.1, 0.15) is 42.5 Å². The van der Waals surface area contributed by atoms with Crippen LogP contribution in [0.4, 0.5) is 10.5 Å². The number of anilines is 1. The van der Waals surface area contributed by atoms with Gasteiger partial charge in [-0.15, -0.1) is 0 Å². The number of hydrogen-bond acceptors (Lipinski definition) is 3. The van der Waals surface area contributed by atoms with Gasteiger partial charge in [0.15, 0.2) is 0 Å². The average Bonchev–Trinajstić information content (AvgIpc) is 2.46. The molecule has 1 aromatic carbocycles. The van der Waals surface area contributed by atoms with E-state index in [2.05, 4.69) is 10.6 Å². The first-order valence-electron chi connectivity index (χ1n) is 7.15. The molecule has 7 heteroatoms. The van der Waals surface area contributed by atoms with E-state index < -0.39 is 12.0 Å². The molecule has 1 rings (SSSR count). The quantitative estimate of drug-likeness (QED) is 0.521. The van der Waals surface area contributed by atoms with E-state index in [0.717, 1.165) is 19.3 Å². The molecule has 1 aromatic rings. The molecule has 0 saturated heterocycles. The van der Waals surface area contributed by atoms with Crippen LogP contribution >= 0.6 is 0 Å². The second kappa shape index (κ2) is 9.38. The summed E-state index contributed by atoms with van der Waals surface area (Å²) in [5.41, 5.74) is 6.02. The molecule has 0 bridgehead atoms. The van der Waals surface area contributed by atoms with Gasteiger partial charge in [-0.25, -0.2) is 4.79 Å². The third kappa shape index (κ3) is 7.28. The van der Waals surface area contributed by atoms with Crippen LogP contribution in [0.15, 0.2) is 24.3 Å². The summed E-state index contributed by atoms with van der Waals surface area (Å²) in [5.74, 6) is -0.960. The maximum Gasteiger partial charge on any atom is 0.316 e. The molecule has 0 aromatic heterocycles.